The second kappa shape index (κ2) is 3.94. The normalized spacial score (nSPS) is 18.7. The zero-order valence-electron chi connectivity index (χ0n) is 8.68. The van der Waals surface area contributed by atoms with Crippen LogP contribution in [0.5, 0.6) is 0 Å². The average molecular weight is 225 g/mol. The second-order valence-electron chi connectivity index (χ2n) is 4.06. The number of rotatable bonds is 4. The van der Waals surface area contributed by atoms with Crippen LogP contribution in [0.3, 0.4) is 0 Å². The van der Waals surface area contributed by atoms with Gasteiger partial charge in [-0.1, -0.05) is 18.2 Å². The average Bonchev–Trinajstić information content (AvgIpc) is 3.01. The Hall–Kier alpha value is -0.870. The summed E-state index contributed by atoms with van der Waals surface area (Å²) in [6, 6.07) is 8.55. The molecule has 0 aromatic heterocycles. The molecule has 1 aliphatic rings. The van der Waals surface area contributed by atoms with E-state index in [1.807, 2.05) is 13.0 Å². The molecule has 1 N–H and O–H groups in total. The summed E-state index contributed by atoms with van der Waals surface area (Å²) in [4.78, 5) is 0.345. The zero-order valence-corrected chi connectivity index (χ0v) is 9.50. The van der Waals surface area contributed by atoms with Crippen molar-refractivity contribution < 1.29 is 8.42 Å². The molecule has 0 aliphatic heterocycles. The highest BCUT2D eigenvalue weighted by molar-refractivity contribution is 7.89. The second-order valence-corrected chi connectivity index (χ2v) is 5.77. The van der Waals surface area contributed by atoms with Gasteiger partial charge in [-0.3, -0.25) is 0 Å². The van der Waals surface area contributed by atoms with E-state index in [-0.39, 0.29) is 6.04 Å². The molecule has 1 aromatic carbocycles. The lowest BCUT2D eigenvalue weighted by Gasteiger charge is -2.12. The Kier molecular flexibility index (Phi) is 2.80. The number of hydrogen-bond donors (Lipinski definition) is 1. The van der Waals surface area contributed by atoms with Gasteiger partial charge in [0, 0.05) is 6.04 Å². The summed E-state index contributed by atoms with van der Waals surface area (Å²) in [5.41, 5.74) is 0. The fourth-order valence-electron chi connectivity index (χ4n) is 1.60. The molecular weight excluding hydrogens is 210 g/mol. The van der Waals surface area contributed by atoms with Gasteiger partial charge < -0.3 is 0 Å². The summed E-state index contributed by atoms with van der Waals surface area (Å²) < 4.78 is 26.4. The third-order valence-electron chi connectivity index (χ3n) is 2.72. The summed E-state index contributed by atoms with van der Waals surface area (Å²) in [6.45, 7) is 1.93. The molecule has 0 radical (unpaired) electrons. The van der Waals surface area contributed by atoms with Gasteiger partial charge in [0.2, 0.25) is 10.0 Å². The van der Waals surface area contributed by atoms with Crippen molar-refractivity contribution in [3.8, 4) is 0 Å². The van der Waals surface area contributed by atoms with E-state index in [1.165, 1.54) is 0 Å². The maximum Gasteiger partial charge on any atom is 0.240 e. The molecule has 1 aromatic rings. The molecule has 1 saturated carbocycles. The van der Waals surface area contributed by atoms with Crippen molar-refractivity contribution in [3.05, 3.63) is 30.3 Å². The Morgan fingerprint density at radius 2 is 1.87 bits per heavy atom. The Bertz CT molecular complexity index is 423. The topological polar surface area (TPSA) is 46.2 Å². The van der Waals surface area contributed by atoms with E-state index >= 15 is 0 Å². The van der Waals surface area contributed by atoms with Gasteiger partial charge in [-0.2, -0.15) is 0 Å². The third kappa shape index (κ3) is 2.58. The molecule has 2 rings (SSSR count). The summed E-state index contributed by atoms with van der Waals surface area (Å²) in [6.07, 6.45) is 2.27. The van der Waals surface area contributed by atoms with Crippen molar-refractivity contribution in [2.24, 2.45) is 5.92 Å². The fourth-order valence-corrected chi connectivity index (χ4v) is 2.94. The van der Waals surface area contributed by atoms with Crippen LogP contribution in [0.1, 0.15) is 19.8 Å². The first-order valence-electron chi connectivity index (χ1n) is 5.17. The largest absolute Gasteiger partial charge is 0.240 e. The summed E-state index contributed by atoms with van der Waals surface area (Å²) >= 11 is 0. The Morgan fingerprint density at radius 1 is 1.27 bits per heavy atom. The molecule has 82 valence electrons. The first-order chi connectivity index (χ1) is 7.09. The van der Waals surface area contributed by atoms with Gasteiger partial charge in [0.1, 0.15) is 0 Å². The summed E-state index contributed by atoms with van der Waals surface area (Å²) in [5.74, 6) is 0.531. The fraction of sp³-hybridized carbons (Fsp3) is 0.455. The highest BCUT2D eigenvalue weighted by Gasteiger charge is 2.30. The van der Waals surface area contributed by atoms with Gasteiger partial charge in [-0.15, -0.1) is 0 Å². The van der Waals surface area contributed by atoms with E-state index in [9.17, 15) is 8.42 Å². The number of hydrogen-bond acceptors (Lipinski definition) is 2. The van der Waals surface area contributed by atoms with E-state index < -0.39 is 10.0 Å². The summed E-state index contributed by atoms with van der Waals surface area (Å²) in [5, 5.41) is 0. The Morgan fingerprint density at radius 3 is 2.40 bits per heavy atom. The molecule has 0 bridgehead atoms. The van der Waals surface area contributed by atoms with Crippen molar-refractivity contribution in [1.29, 1.82) is 0 Å². The van der Waals surface area contributed by atoms with Crippen molar-refractivity contribution in [2.45, 2.75) is 30.7 Å². The highest BCUT2D eigenvalue weighted by atomic mass is 32.2. The van der Waals surface area contributed by atoms with Crippen LogP contribution >= 0.6 is 0 Å². The monoisotopic (exact) mass is 225 g/mol. The van der Waals surface area contributed by atoms with Crippen LogP contribution in [0.4, 0.5) is 0 Å². The lowest BCUT2D eigenvalue weighted by atomic mass is 10.2. The van der Waals surface area contributed by atoms with Crippen molar-refractivity contribution >= 4 is 10.0 Å². The standard InChI is InChI=1S/C11H15NO2S/c1-9(10-7-8-10)12-15(13,14)11-5-3-2-4-6-11/h2-6,9-10,12H,7-8H2,1H3. The van der Waals surface area contributed by atoms with Crippen molar-refractivity contribution in [3.63, 3.8) is 0 Å². The minimum Gasteiger partial charge on any atom is -0.208 e. The molecular formula is C11H15NO2S. The minimum atomic E-state index is -3.31. The SMILES string of the molecule is CC(NS(=O)(=O)c1ccccc1)C1CC1. The van der Waals surface area contributed by atoms with Gasteiger partial charge in [0.15, 0.2) is 0 Å². The number of nitrogens with one attached hydrogen (secondary N) is 1. The highest BCUT2D eigenvalue weighted by Crippen LogP contribution is 2.32. The van der Waals surface area contributed by atoms with Gasteiger partial charge in [-0.05, 0) is 37.8 Å². The van der Waals surface area contributed by atoms with Crippen LogP contribution in [0.15, 0.2) is 35.2 Å². The van der Waals surface area contributed by atoms with Crippen molar-refractivity contribution in [2.75, 3.05) is 0 Å². The smallest absolute Gasteiger partial charge is 0.208 e. The van der Waals surface area contributed by atoms with Crippen LogP contribution in [-0.2, 0) is 10.0 Å². The van der Waals surface area contributed by atoms with E-state index in [4.69, 9.17) is 0 Å². The predicted molar refractivity (Wildman–Crippen MR) is 58.9 cm³/mol. The molecule has 0 saturated heterocycles. The molecule has 0 spiro atoms. The van der Waals surface area contributed by atoms with E-state index in [0.717, 1.165) is 12.8 Å². The Balaban J connectivity index is 2.13. The molecule has 1 unspecified atom stereocenters. The van der Waals surface area contributed by atoms with Crippen molar-refractivity contribution in [1.82, 2.24) is 4.72 Å². The van der Waals surface area contributed by atoms with Gasteiger partial charge in [-0.25, -0.2) is 13.1 Å². The molecule has 1 fully saturated rings. The third-order valence-corrected chi connectivity index (χ3v) is 4.30. The van der Waals surface area contributed by atoms with E-state index in [0.29, 0.717) is 10.8 Å². The molecule has 1 atom stereocenters. The lowest BCUT2D eigenvalue weighted by Crippen LogP contribution is -2.33. The quantitative estimate of drug-likeness (QED) is 0.848. The van der Waals surface area contributed by atoms with Gasteiger partial charge >= 0.3 is 0 Å². The molecule has 15 heavy (non-hydrogen) atoms. The molecule has 0 heterocycles. The first-order valence-corrected chi connectivity index (χ1v) is 6.65. The van der Waals surface area contributed by atoms with Crippen LogP contribution in [-0.4, -0.2) is 14.5 Å². The molecule has 1 aliphatic carbocycles. The van der Waals surface area contributed by atoms with Crippen LogP contribution in [0.2, 0.25) is 0 Å². The van der Waals surface area contributed by atoms with Crippen LogP contribution in [0, 0.1) is 5.92 Å². The van der Waals surface area contributed by atoms with Crippen LogP contribution < -0.4 is 4.72 Å². The van der Waals surface area contributed by atoms with Crippen LogP contribution in [0.25, 0.3) is 0 Å². The Labute approximate surface area is 90.6 Å². The van der Waals surface area contributed by atoms with Gasteiger partial charge in [0.25, 0.3) is 0 Å². The molecule has 0 amide bonds. The van der Waals surface area contributed by atoms with Gasteiger partial charge in [0.05, 0.1) is 4.90 Å². The maximum absolute atomic E-state index is 11.9. The molecule has 3 nitrogen and oxygen atoms in total. The number of benzene rings is 1. The minimum absolute atomic E-state index is 0.0511. The maximum atomic E-state index is 11.9. The number of sulfonamides is 1. The predicted octanol–water partition coefficient (Wildman–Crippen LogP) is 1.76. The summed E-state index contributed by atoms with van der Waals surface area (Å²) in [7, 11) is -3.31. The lowest BCUT2D eigenvalue weighted by molar-refractivity contribution is 0.538. The van der Waals surface area contributed by atoms with E-state index in [2.05, 4.69) is 4.72 Å². The first kappa shape index (κ1) is 10.6. The zero-order chi connectivity index (χ0) is 10.9. The molecule has 4 heteroatoms. The van der Waals surface area contributed by atoms with E-state index in [1.54, 1.807) is 24.3 Å².